The molecular weight excluding hydrogens is 438 g/mol. The molecule has 1 rings (SSSR count). The van der Waals surface area contributed by atoms with Crippen LogP contribution >= 0.6 is 0 Å². The van der Waals surface area contributed by atoms with Gasteiger partial charge in [0.05, 0.1) is 12.9 Å². The Morgan fingerprint density at radius 3 is 2.15 bits per heavy atom. The minimum Gasteiger partial charge on any atom is -0.481 e. The minimum absolute atomic E-state index is 0.0467. The summed E-state index contributed by atoms with van der Waals surface area (Å²) in [5.41, 5.74) is 11.4. The molecule has 0 saturated carbocycles. The molecule has 0 aliphatic heterocycles. The van der Waals surface area contributed by atoms with E-state index in [2.05, 4.69) is 25.9 Å². The second-order valence-electron chi connectivity index (χ2n) is 7.28. The molecule has 0 aliphatic carbocycles. The highest BCUT2D eigenvalue weighted by Crippen LogP contribution is 2.06. The van der Waals surface area contributed by atoms with Crippen molar-refractivity contribution in [2.75, 3.05) is 13.1 Å². The summed E-state index contributed by atoms with van der Waals surface area (Å²) in [5, 5.41) is 25.4. The number of unbranched alkanes of at least 4 members (excludes halogenated alkanes) is 1. The number of aliphatic carboxylic acids is 2. The van der Waals surface area contributed by atoms with Gasteiger partial charge in [0, 0.05) is 24.7 Å². The third kappa shape index (κ3) is 10.6. The lowest BCUT2D eigenvalue weighted by molar-refractivity contribution is -0.143. The summed E-state index contributed by atoms with van der Waals surface area (Å²) in [5.74, 6) is -4.66. The Balaban J connectivity index is 2.95. The average molecular weight is 469 g/mol. The van der Waals surface area contributed by atoms with Crippen molar-refractivity contribution < 1.29 is 34.2 Å². The van der Waals surface area contributed by atoms with E-state index in [1.807, 2.05) is 0 Å². The Labute approximate surface area is 189 Å². The Hall–Kier alpha value is -3.52. The maximum absolute atomic E-state index is 12.9. The number of rotatable bonds is 16. The van der Waals surface area contributed by atoms with Crippen LogP contribution < -0.4 is 27.4 Å². The van der Waals surface area contributed by atoms with Gasteiger partial charge in [-0.2, -0.15) is 0 Å². The number of carboxylic acids is 2. The van der Waals surface area contributed by atoms with E-state index in [9.17, 15) is 29.1 Å². The van der Waals surface area contributed by atoms with E-state index in [-0.39, 0.29) is 25.8 Å². The minimum atomic E-state index is -1.44. The molecule has 1 aromatic rings. The number of hydrogen-bond acceptors (Lipinski definition) is 8. The lowest BCUT2D eigenvalue weighted by Crippen LogP contribution is -2.56. The molecule has 0 bridgehead atoms. The molecule has 0 radical (unpaired) electrons. The first-order chi connectivity index (χ1) is 15.7. The van der Waals surface area contributed by atoms with Gasteiger partial charge < -0.3 is 42.6 Å². The van der Waals surface area contributed by atoms with Gasteiger partial charge >= 0.3 is 11.9 Å². The van der Waals surface area contributed by atoms with E-state index in [1.54, 1.807) is 0 Å². The molecule has 14 heteroatoms. The molecule has 0 spiro atoms. The first kappa shape index (κ1) is 27.5. The normalized spacial score (nSPS) is 13.4. The zero-order valence-corrected chi connectivity index (χ0v) is 18.1. The summed E-state index contributed by atoms with van der Waals surface area (Å²) in [7, 11) is 0. The van der Waals surface area contributed by atoms with E-state index in [4.69, 9.17) is 16.6 Å². The second kappa shape index (κ2) is 14.5. The Morgan fingerprint density at radius 1 is 0.939 bits per heavy atom. The van der Waals surface area contributed by atoms with Gasteiger partial charge in [0.25, 0.3) is 0 Å². The number of nitrogens with zero attached hydrogens (tertiary/aromatic N) is 1. The average Bonchev–Trinajstić information content (AvgIpc) is 3.27. The first-order valence-electron chi connectivity index (χ1n) is 10.4. The molecule has 0 saturated heterocycles. The smallest absolute Gasteiger partial charge is 0.326 e. The lowest BCUT2D eigenvalue weighted by Gasteiger charge is -2.24. The molecule has 3 atom stereocenters. The van der Waals surface area contributed by atoms with Crippen LogP contribution in [0.4, 0.5) is 0 Å². The van der Waals surface area contributed by atoms with Crippen molar-refractivity contribution in [3.05, 3.63) is 18.2 Å². The fourth-order valence-electron chi connectivity index (χ4n) is 2.91. The summed E-state index contributed by atoms with van der Waals surface area (Å²) < 4.78 is 0. The van der Waals surface area contributed by atoms with Gasteiger partial charge in [-0.15, -0.1) is 0 Å². The molecule has 0 aliphatic rings. The van der Waals surface area contributed by atoms with E-state index < -0.39 is 54.2 Å². The number of carbonyl (C=O) groups is 5. The third-order valence-electron chi connectivity index (χ3n) is 4.66. The zero-order valence-electron chi connectivity index (χ0n) is 18.1. The van der Waals surface area contributed by atoms with Gasteiger partial charge in [-0.1, -0.05) is 0 Å². The number of aromatic nitrogens is 2. The summed E-state index contributed by atoms with van der Waals surface area (Å²) in [6, 6.07) is -3.65. The van der Waals surface area contributed by atoms with Crippen LogP contribution in [-0.2, 0) is 30.4 Å². The molecule has 10 N–H and O–H groups in total. The molecule has 0 aromatic carbocycles. The quantitative estimate of drug-likeness (QED) is 0.118. The monoisotopic (exact) mass is 469 g/mol. The molecule has 0 unspecified atom stereocenters. The molecule has 184 valence electrons. The highest BCUT2D eigenvalue weighted by atomic mass is 16.4. The van der Waals surface area contributed by atoms with Crippen LogP contribution in [0.1, 0.15) is 37.8 Å². The molecule has 14 nitrogen and oxygen atoms in total. The Kier molecular flexibility index (Phi) is 12.1. The summed E-state index contributed by atoms with van der Waals surface area (Å²) in [4.78, 5) is 66.3. The van der Waals surface area contributed by atoms with Crippen LogP contribution in [0.5, 0.6) is 0 Å². The molecule has 3 amide bonds. The molecule has 1 heterocycles. The fourth-order valence-corrected chi connectivity index (χ4v) is 2.91. The SMILES string of the molecule is NCCCC[C@H](NC(=O)[C@H](Cc1cnc[nH]1)NC(=O)CN)C(=O)N[C@@H](CCC(=O)O)C(=O)O. The zero-order chi connectivity index (χ0) is 24.8. The number of carboxylic acid groups (broad SMARTS) is 2. The van der Waals surface area contributed by atoms with Gasteiger partial charge in [0.1, 0.15) is 18.1 Å². The predicted octanol–water partition coefficient (Wildman–Crippen LogP) is -2.56. The lowest BCUT2D eigenvalue weighted by atomic mass is 10.0. The number of imidazole rings is 1. The highest BCUT2D eigenvalue weighted by Gasteiger charge is 2.29. The van der Waals surface area contributed by atoms with Crippen LogP contribution in [0.3, 0.4) is 0 Å². The standard InChI is InChI=1S/C19H31N7O7/c20-6-2-1-3-12(17(30)26-13(19(32)33)4-5-16(28)29)25-18(31)14(24-15(27)8-21)7-11-9-22-10-23-11/h9-10,12-14H,1-8,20-21H2,(H,22,23)(H,24,27)(H,25,31)(H,26,30)(H,28,29)(H,32,33)/t12-,13-,14-/m0/s1. The Morgan fingerprint density at radius 2 is 1.61 bits per heavy atom. The van der Waals surface area contributed by atoms with Crippen molar-refractivity contribution in [2.45, 2.75) is 56.7 Å². The topological polar surface area (TPSA) is 243 Å². The predicted molar refractivity (Wildman–Crippen MR) is 115 cm³/mol. The number of aromatic amines is 1. The maximum atomic E-state index is 12.9. The van der Waals surface area contributed by atoms with Crippen molar-refractivity contribution in [3.8, 4) is 0 Å². The van der Waals surface area contributed by atoms with E-state index in [0.717, 1.165) is 0 Å². The first-order valence-corrected chi connectivity index (χ1v) is 10.4. The third-order valence-corrected chi connectivity index (χ3v) is 4.66. The van der Waals surface area contributed by atoms with Crippen molar-refractivity contribution in [1.29, 1.82) is 0 Å². The maximum Gasteiger partial charge on any atom is 0.326 e. The van der Waals surface area contributed by atoms with Crippen LogP contribution in [0.25, 0.3) is 0 Å². The van der Waals surface area contributed by atoms with Gasteiger partial charge in [-0.05, 0) is 32.2 Å². The van der Waals surface area contributed by atoms with E-state index in [0.29, 0.717) is 25.1 Å². The van der Waals surface area contributed by atoms with Gasteiger partial charge in [0.2, 0.25) is 17.7 Å². The second-order valence-corrected chi connectivity index (χ2v) is 7.28. The molecule has 33 heavy (non-hydrogen) atoms. The Bertz CT molecular complexity index is 800. The van der Waals surface area contributed by atoms with Crippen molar-refractivity contribution in [3.63, 3.8) is 0 Å². The van der Waals surface area contributed by atoms with Gasteiger partial charge in [-0.3, -0.25) is 19.2 Å². The number of nitrogens with one attached hydrogen (secondary N) is 4. The molecule has 1 aromatic heterocycles. The van der Waals surface area contributed by atoms with Crippen LogP contribution in [-0.4, -0.2) is 81.1 Å². The van der Waals surface area contributed by atoms with Crippen LogP contribution in [0, 0.1) is 0 Å². The number of hydrogen-bond donors (Lipinski definition) is 8. The highest BCUT2D eigenvalue weighted by molar-refractivity contribution is 5.93. The summed E-state index contributed by atoms with van der Waals surface area (Å²) in [6.45, 7) is 0.00466. The summed E-state index contributed by atoms with van der Waals surface area (Å²) in [6.07, 6.45) is 3.31. The largest absolute Gasteiger partial charge is 0.481 e. The number of H-pyrrole nitrogens is 1. The number of carbonyl (C=O) groups excluding carboxylic acids is 3. The molecule has 0 fully saturated rings. The number of amides is 3. The summed E-state index contributed by atoms with van der Waals surface area (Å²) >= 11 is 0. The van der Waals surface area contributed by atoms with E-state index in [1.165, 1.54) is 12.5 Å². The van der Waals surface area contributed by atoms with Gasteiger partial charge in [0.15, 0.2) is 0 Å². The van der Waals surface area contributed by atoms with Crippen molar-refractivity contribution >= 4 is 29.7 Å². The molecular formula is C19H31N7O7. The van der Waals surface area contributed by atoms with Crippen molar-refractivity contribution in [1.82, 2.24) is 25.9 Å². The van der Waals surface area contributed by atoms with Gasteiger partial charge in [-0.25, -0.2) is 9.78 Å². The fraction of sp³-hybridized carbons (Fsp3) is 0.579. The van der Waals surface area contributed by atoms with Crippen LogP contribution in [0.2, 0.25) is 0 Å². The van der Waals surface area contributed by atoms with E-state index >= 15 is 0 Å². The number of nitrogens with two attached hydrogens (primary N) is 2. The van der Waals surface area contributed by atoms with Crippen molar-refractivity contribution in [2.24, 2.45) is 11.5 Å². The van der Waals surface area contributed by atoms with Crippen LogP contribution in [0.15, 0.2) is 12.5 Å².